The van der Waals surface area contributed by atoms with Gasteiger partial charge in [0.15, 0.2) is 0 Å². The van der Waals surface area contributed by atoms with Gasteiger partial charge in [0.1, 0.15) is 23.1 Å². The van der Waals surface area contributed by atoms with Crippen LogP contribution >= 0.6 is 45.2 Å². The van der Waals surface area contributed by atoms with Gasteiger partial charge in [-0.1, -0.05) is 12.1 Å². The van der Waals surface area contributed by atoms with E-state index < -0.39 is 0 Å². The van der Waals surface area contributed by atoms with Crippen molar-refractivity contribution in [3.8, 4) is 35.0 Å². The van der Waals surface area contributed by atoms with Crippen LogP contribution in [0, 0.1) is 21.0 Å². The number of benzene rings is 2. The minimum atomic E-state index is 0.494. The van der Waals surface area contributed by atoms with E-state index in [0.29, 0.717) is 35.0 Å². The summed E-state index contributed by atoms with van der Waals surface area (Å²) < 4.78 is 23.8. The summed E-state index contributed by atoms with van der Waals surface area (Å²) in [7, 11) is 3.17. The monoisotopic (exact) mass is 866 g/mol. The van der Waals surface area contributed by atoms with Crippen molar-refractivity contribution in [3.05, 3.63) is 128 Å². The van der Waals surface area contributed by atoms with Gasteiger partial charge in [0.2, 0.25) is 23.5 Å². The van der Waals surface area contributed by atoms with Crippen molar-refractivity contribution < 1.29 is 18.9 Å². The van der Waals surface area contributed by atoms with E-state index in [9.17, 15) is 0 Å². The van der Waals surface area contributed by atoms with Crippen LogP contribution in [0.4, 0.5) is 23.0 Å². The van der Waals surface area contributed by atoms with Gasteiger partial charge in [-0.05, 0) is 143 Å². The number of methoxy groups -OCH3 is 2. The molecule has 0 amide bonds. The Bertz CT molecular complexity index is 1930. The Kier molecular flexibility index (Phi) is 12.2. The summed E-state index contributed by atoms with van der Waals surface area (Å²) in [6.45, 7) is 4.02. The smallest absolute Gasteiger partial charge is 0.236 e. The van der Waals surface area contributed by atoms with Crippen molar-refractivity contribution in [2.45, 2.75) is 13.8 Å². The van der Waals surface area contributed by atoms with E-state index >= 15 is 0 Å². The lowest BCUT2D eigenvalue weighted by Crippen LogP contribution is -1.95. The SMILES string of the molecule is COc1ccc(I)c(Oc2ccc(Nc3ccc(C)cn3)cc2)n1.COc1nc(Oc2ccc(Nc3ccc(C)cn3)cc2)ccc1I. The van der Waals surface area contributed by atoms with Crippen LogP contribution in [0.3, 0.4) is 0 Å². The quantitative estimate of drug-likeness (QED) is 0.129. The first-order chi connectivity index (χ1) is 23.3. The molecule has 0 aliphatic rings. The fraction of sp³-hybridized carbons (Fsp3) is 0.111. The molecule has 6 rings (SSSR count). The van der Waals surface area contributed by atoms with Gasteiger partial charge in [-0.15, -0.1) is 0 Å². The minimum absolute atomic E-state index is 0.494. The Labute approximate surface area is 306 Å². The molecule has 12 heteroatoms. The number of nitrogens with zero attached hydrogens (tertiary/aromatic N) is 4. The van der Waals surface area contributed by atoms with Gasteiger partial charge in [0.25, 0.3) is 0 Å². The second kappa shape index (κ2) is 16.9. The lowest BCUT2D eigenvalue weighted by atomic mass is 10.3. The highest BCUT2D eigenvalue weighted by atomic mass is 127. The number of hydrogen-bond donors (Lipinski definition) is 2. The lowest BCUT2D eigenvalue weighted by molar-refractivity contribution is 0.380. The fourth-order valence-corrected chi connectivity index (χ4v) is 4.95. The van der Waals surface area contributed by atoms with Crippen LogP contribution in [-0.2, 0) is 0 Å². The van der Waals surface area contributed by atoms with Crippen molar-refractivity contribution in [2.75, 3.05) is 24.9 Å². The molecule has 0 atom stereocenters. The largest absolute Gasteiger partial charge is 0.481 e. The molecule has 2 N–H and O–H groups in total. The second-order valence-electron chi connectivity index (χ2n) is 10.2. The Morgan fingerprint density at radius 2 is 0.979 bits per heavy atom. The third-order valence-electron chi connectivity index (χ3n) is 6.49. The average molecular weight is 866 g/mol. The molecular weight excluding hydrogens is 834 g/mol. The van der Waals surface area contributed by atoms with E-state index in [4.69, 9.17) is 18.9 Å². The number of halogens is 2. The zero-order valence-corrected chi connectivity index (χ0v) is 30.9. The van der Waals surface area contributed by atoms with Gasteiger partial charge in [-0.2, -0.15) is 9.97 Å². The van der Waals surface area contributed by atoms with Crippen molar-refractivity contribution >= 4 is 68.2 Å². The highest BCUT2D eigenvalue weighted by Crippen LogP contribution is 2.29. The summed E-state index contributed by atoms with van der Waals surface area (Å²) in [6.07, 6.45) is 3.66. The number of hydrogen-bond acceptors (Lipinski definition) is 10. The predicted octanol–water partition coefficient (Wildman–Crippen LogP) is 9.87. The molecule has 0 radical (unpaired) electrons. The van der Waals surface area contributed by atoms with Crippen molar-refractivity contribution in [3.63, 3.8) is 0 Å². The van der Waals surface area contributed by atoms with E-state index in [1.54, 1.807) is 20.3 Å². The van der Waals surface area contributed by atoms with Gasteiger partial charge < -0.3 is 29.6 Å². The number of rotatable bonds is 10. The van der Waals surface area contributed by atoms with Gasteiger partial charge >= 0.3 is 0 Å². The highest BCUT2D eigenvalue weighted by Gasteiger charge is 2.08. The van der Waals surface area contributed by atoms with Crippen LogP contribution in [-0.4, -0.2) is 34.2 Å². The van der Waals surface area contributed by atoms with Crippen LogP contribution in [0.5, 0.6) is 35.0 Å². The van der Waals surface area contributed by atoms with E-state index in [2.05, 4.69) is 75.8 Å². The number of aromatic nitrogens is 4. The second-order valence-corrected chi connectivity index (χ2v) is 12.6. The summed E-state index contributed by atoms with van der Waals surface area (Å²) in [5.74, 6) is 5.11. The molecule has 0 fully saturated rings. The number of pyridine rings is 4. The van der Waals surface area contributed by atoms with Crippen molar-refractivity contribution in [1.82, 2.24) is 19.9 Å². The normalized spacial score (nSPS) is 10.3. The maximum absolute atomic E-state index is 5.83. The number of aryl methyl sites for hydroxylation is 2. The Hall–Kier alpha value is -4.70. The lowest BCUT2D eigenvalue weighted by Gasteiger charge is -2.10. The highest BCUT2D eigenvalue weighted by molar-refractivity contribution is 14.1. The van der Waals surface area contributed by atoms with Gasteiger partial charge in [-0.3, -0.25) is 0 Å². The van der Waals surface area contributed by atoms with E-state index in [1.807, 2.05) is 117 Å². The summed E-state index contributed by atoms with van der Waals surface area (Å²) in [6, 6.07) is 30.6. The fourth-order valence-electron chi connectivity index (χ4n) is 4.02. The summed E-state index contributed by atoms with van der Waals surface area (Å²) in [5.41, 5.74) is 4.13. The first-order valence-electron chi connectivity index (χ1n) is 14.6. The maximum Gasteiger partial charge on any atom is 0.236 e. The van der Waals surface area contributed by atoms with Crippen LogP contribution < -0.4 is 29.6 Å². The molecule has 4 aromatic heterocycles. The molecule has 0 saturated heterocycles. The number of anilines is 4. The molecule has 0 spiro atoms. The molecule has 4 heterocycles. The van der Waals surface area contributed by atoms with Crippen LogP contribution in [0.25, 0.3) is 0 Å². The molecule has 0 aliphatic carbocycles. The summed E-state index contributed by atoms with van der Waals surface area (Å²) >= 11 is 4.35. The summed E-state index contributed by atoms with van der Waals surface area (Å²) in [5, 5.41) is 6.49. The molecule has 0 unspecified atom stereocenters. The third kappa shape index (κ3) is 10.1. The molecule has 0 saturated carbocycles. The van der Waals surface area contributed by atoms with Crippen LogP contribution in [0.15, 0.2) is 109 Å². The van der Waals surface area contributed by atoms with Crippen LogP contribution in [0.1, 0.15) is 11.1 Å². The number of ether oxygens (including phenoxy) is 4. The molecular formula is C36H32I2N6O4. The third-order valence-corrected chi connectivity index (χ3v) is 8.13. The van der Waals surface area contributed by atoms with Gasteiger partial charge in [-0.25, -0.2) is 9.97 Å². The topological polar surface area (TPSA) is 113 Å². The Morgan fingerprint density at radius 3 is 1.46 bits per heavy atom. The first kappa shape index (κ1) is 34.6. The van der Waals surface area contributed by atoms with Crippen molar-refractivity contribution in [2.24, 2.45) is 0 Å². The predicted molar refractivity (Wildman–Crippen MR) is 205 cm³/mol. The maximum atomic E-state index is 5.83. The Balaban J connectivity index is 0.000000188. The average Bonchev–Trinajstić information content (AvgIpc) is 3.10. The molecule has 0 bridgehead atoms. The van der Waals surface area contributed by atoms with Crippen LogP contribution in [0.2, 0.25) is 0 Å². The van der Waals surface area contributed by atoms with Gasteiger partial charge in [0, 0.05) is 35.9 Å². The molecule has 244 valence electrons. The number of nitrogens with one attached hydrogen (secondary N) is 2. The molecule has 48 heavy (non-hydrogen) atoms. The zero-order valence-electron chi connectivity index (χ0n) is 26.6. The van der Waals surface area contributed by atoms with E-state index in [0.717, 1.165) is 41.3 Å². The van der Waals surface area contributed by atoms with Crippen molar-refractivity contribution in [1.29, 1.82) is 0 Å². The molecule has 0 aliphatic heterocycles. The first-order valence-corrected chi connectivity index (χ1v) is 16.8. The molecule has 6 aromatic rings. The zero-order chi connectivity index (χ0) is 33.9. The molecule has 10 nitrogen and oxygen atoms in total. The van der Waals surface area contributed by atoms with Gasteiger partial charge in [0.05, 0.1) is 21.4 Å². The Morgan fingerprint density at radius 1 is 0.500 bits per heavy atom. The summed E-state index contributed by atoms with van der Waals surface area (Å²) in [4.78, 5) is 17.3. The standard InChI is InChI=1S/2C18H16IN3O2/c1-12-3-9-16(20-11-12)21-13-4-6-14(7-5-13)24-17-10-8-15(19)18(22-17)23-2;1-12-3-9-16(20-11-12)21-13-4-6-14(7-5-13)24-18-15(19)8-10-17(22-18)23-2/h2*3-11H,1-2H3,(H,20,21). The molecule has 2 aromatic carbocycles. The minimum Gasteiger partial charge on any atom is -0.481 e. The van der Waals surface area contributed by atoms with E-state index in [-0.39, 0.29) is 0 Å². The van der Waals surface area contributed by atoms with E-state index in [1.165, 1.54) is 0 Å².